The number of halogens is 1. The predicted octanol–water partition coefficient (Wildman–Crippen LogP) is 1.69. The maximum atomic E-state index is 13.5. The van der Waals surface area contributed by atoms with Crippen molar-refractivity contribution in [2.24, 2.45) is 0 Å². The molecule has 2 fully saturated rings. The van der Waals surface area contributed by atoms with Crippen molar-refractivity contribution in [3.8, 4) is 5.75 Å². The van der Waals surface area contributed by atoms with Crippen LogP contribution in [0.15, 0.2) is 18.2 Å². The van der Waals surface area contributed by atoms with Gasteiger partial charge in [-0.1, -0.05) is 0 Å². The topological polar surface area (TPSA) is 41.6 Å². The largest absolute Gasteiger partial charge is 0.495 e. The minimum absolute atomic E-state index is 0.0355. The quantitative estimate of drug-likeness (QED) is 0.884. The van der Waals surface area contributed by atoms with Crippen LogP contribution in [-0.4, -0.2) is 31.6 Å². The Hall–Kier alpha value is -1.62. The minimum Gasteiger partial charge on any atom is -0.495 e. The van der Waals surface area contributed by atoms with Crippen molar-refractivity contribution in [2.45, 2.75) is 31.3 Å². The molecule has 1 aromatic rings. The molecule has 5 heteroatoms. The number of fused-ring (bicyclic) bond motifs is 1. The fourth-order valence-corrected chi connectivity index (χ4v) is 3.09. The lowest BCUT2D eigenvalue weighted by atomic mass is 9.99. The molecule has 2 aliphatic heterocycles. The van der Waals surface area contributed by atoms with Crippen LogP contribution in [0.4, 0.5) is 10.1 Å². The standard InChI is InChI=1S/C14H17FN2O2/c1-19-13-5-4-9(15)7-12(13)17-11-3-2-6-16-10(11)8-14(17)18/h4-5,7,10-11,16H,2-3,6,8H2,1H3. The molecule has 0 saturated carbocycles. The third kappa shape index (κ3) is 2.08. The molecule has 0 aliphatic carbocycles. The summed E-state index contributed by atoms with van der Waals surface area (Å²) in [7, 11) is 1.54. The number of carbonyl (C=O) groups is 1. The molecule has 2 unspecified atom stereocenters. The summed E-state index contributed by atoms with van der Waals surface area (Å²) in [4.78, 5) is 13.9. The molecule has 0 radical (unpaired) electrons. The smallest absolute Gasteiger partial charge is 0.229 e. The second-order valence-electron chi connectivity index (χ2n) is 5.05. The normalized spacial score (nSPS) is 26.4. The number of nitrogens with zero attached hydrogens (tertiary/aromatic N) is 1. The lowest BCUT2D eigenvalue weighted by Gasteiger charge is -2.32. The van der Waals surface area contributed by atoms with Crippen LogP contribution in [0.25, 0.3) is 0 Å². The first-order chi connectivity index (χ1) is 9.20. The summed E-state index contributed by atoms with van der Waals surface area (Å²) in [5.41, 5.74) is 0.545. The first-order valence-electron chi connectivity index (χ1n) is 6.59. The summed E-state index contributed by atoms with van der Waals surface area (Å²) in [5.74, 6) is 0.227. The van der Waals surface area contributed by atoms with Crippen molar-refractivity contribution in [1.29, 1.82) is 0 Å². The van der Waals surface area contributed by atoms with E-state index in [4.69, 9.17) is 4.74 Å². The van der Waals surface area contributed by atoms with Gasteiger partial charge in [-0.2, -0.15) is 0 Å². The first kappa shape index (κ1) is 12.4. The van der Waals surface area contributed by atoms with Crippen molar-refractivity contribution < 1.29 is 13.9 Å². The summed E-state index contributed by atoms with van der Waals surface area (Å²) >= 11 is 0. The van der Waals surface area contributed by atoms with Gasteiger partial charge in [-0.3, -0.25) is 4.79 Å². The molecule has 0 aromatic heterocycles. The monoisotopic (exact) mass is 264 g/mol. The van der Waals surface area contributed by atoms with E-state index >= 15 is 0 Å². The number of anilines is 1. The van der Waals surface area contributed by atoms with Gasteiger partial charge in [0.05, 0.1) is 18.8 Å². The van der Waals surface area contributed by atoms with E-state index < -0.39 is 0 Å². The zero-order chi connectivity index (χ0) is 13.4. The number of piperidine rings is 1. The maximum Gasteiger partial charge on any atom is 0.229 e. The van der Waals surface area contributed by atoms with Crippen molar-refractivity contribution in [3.05, 3.63) is 24.0 Å². The van der Waals surface area contributed by atoms with E-state index in [1.165, 1.54) is 19.2 Å². The summed E-state index contributed by atoms with van der Waals surface area (Å²) in [6.07, 6.45) is 2.45. The molecular formula is C14H17FN2O2. The lowest BCUT2D eigenvalue weighted by Crippen LogP contribution is -2.47. The summed E-state index contributed by atoms with van der Waals surface area (Å²) < 4.78 is 18.7. The van der Waals surface area contributed by atoms with E-state index in [0.717, 1.165) is 19.4 Å². The number of hydrogen-bond acceptors (Lipinski definition) is 3. The van der Waals surface area contributed by atoms with Gasteiger partial charge in [0.1, 0.15) is 11.6 Å². The Kier molecular flexibility index (Phi) is 3.14. The van der Waals surface area contributed by atoms with Crippen molar-refractivity contribution in [2.75, 3.05) is 18.6 Å². The fourth-order valence-electron chi connectivity index (χ4n) is 3.09. The Bertz CT molecular complexity index is 506. The van der Waals surface area contributed by atoms with Crippen LogP contribution < -0.4 is 15.0 Å². The van der Waals surface area contributed by atoms with Crippen molar-refractivity contribution in [1.82, 2.24) is 5.32 Å². The summed E-state index contributed by atoms with van der Waals surface area (Å²) in [5, 5.41) is 3.37. The molecule has 1 aromatic carbocycles. The summed E-state index contributed by atoms with van der Waals surface area (Å²) in [6, 6.07) is 4.58. The van der Waals surface area contributed by atoms with Crippen LogP contribution in [-0.2, 0) is 4.79 Å². The highest BCUT2D eigenvalue weighted by Gasteiger charge is 2.42. The second kappa shape index (κ2) is 4.81. The van der Waals surface area contributed by atoms with Gasteiger partial charge in [-0.25, -0.2) is 4.39 Å². The van der Waals surface area contributed by atoms with Gasteiger partial charge in [0.2, 0.25) is 5.91 Å². The third-order valence-electron chi connectivity index (χ3n) is 3.94. The van der Waals surface area contributed by atoms with Gasteiger partial charge in [-0.15, -0.1) is 0 Å². The first-order valence-corrected chi connectivity index (χ1v) is 6.59. The maximum absolute atomic E-state index is 13.5. The molecule has 0 spiro atoms. The molecule has 2 saturated heterocycles. The zero-order valence-corrected chi connectivity index (χ0v) is 10.9. The molecule has 102 valence electrons. The molecule has 2 heterocycles. The van der Waals surface area contributed by atoms with E-state index in [-0.39, 0.29) is 23.8 Å². The molecule has 4 nitrogen and oxygen atoms in total. The summed E-state index contributed by atoms with van der Waals surface area (Å²) in [6.45, 7) is 0.947. The molecule has 1 amide bonds. The Balaban J connectivity index is 2.00. The van der Waals surface area contributed by atoms with Gasteiger partial charge in [-0.05, 0) is 31.5 Å². The van der Waals surface area contributed by atoms with Gasteiger partial charge in [0.25, 0.3) is 0 Å². The molecule has 19 heavy (non-hydrogen) atoms. The van der Waals surface area contributed by atoms with Crippen LogP contribution in [0.2, 0.25) is 0 Å². The molecule has 2 atom stereocenters. The van der Waals surface area contributed by atoms with E-state index in [0.29, 0.717) is 17.9 Å². The Morgan fingerprint density at radius 1 is 1.47 bits per heavy atom. The van der Waals surface area contributed by atoms with Crippen molar-refractivity contribution in [3.63, 3.8) is 0 Å². The molecule has 3 rings (SSSR count). The SMILES string of the molecule is COc1ccc(F)cc1N1C(=O)CC2NCCCC21. The number of ether oxygens (including phenoxy) is 1. The van der Waals surface area contributed by atoms with Crippen LogP contribution in [0.1, 0.15) is 19.3 Å². The van der Waals surface area contributed by atoms with Crippen LogP contribution in [0.3, 0.4) is 0 Å². The van der Waals surface area contributed by atoms with Gasteiger partial charge < -0.3 is 15.0 Å². The zero-order valence-electron chi connectivity index (χ0n) is 10.9. The van der Waals surface area contributed by atoms with Gasteiger partial charge in [0.15, 0.2) is 0 Å². The Morgan fingerprint density at radius 3 is 3.11 bits per heavy atom. The number of carbonyl (C=O) groups excluding carboxylic acids is 1. The number of amides is 1. The Labute approximate surface area is 111 Å². The molecular weight excluding hydrogens is 247 g/mol. The lowest BCUT2D eigenvalue weighted by molar-refractivity contribution is -0.117. The fraction of sp³-hybridized carbons (Fsp3) is 0.500. The number of hydrogen-bond donors (Lipinski definition) is 1. The average molecular weight is 264 g/mol. The van der Waals surface area contributed by atoms with E-state index in [1.54, 1.807) is 11.0 Å². The number of benzene rings is 1. The minimum atomic E-state index is -0.351. The van der Waals surface area contributed by atoms with Gasteiger partial charge in [0, 0.05) is 18.5 Å². The van der Waals surface area contributed by atoms with Crippen LogP contribution in [0.5, 0.6) is 5.75 Å². The van der Waals surface area contributed by atoms with Gasteiger partial charge >= 0.3 is 0 Å². The predicted molar refractivity (Wildman–Crippen MR) is 69.9 cm³/mol. The number of methoxy groups -OCH3 is 1. The highest BCUT2D eigenvalue weighted by atomic mass is 19.1. The Morgan fingerprint density at radius 2 is 2.32 bits per heavy atom. The molecule has 1 N–H and O–H groups in total. The van der Waals surface area contributed by atoms with Crippen molar-refractivity contribution >= 4 is 11.6 Å². The van der Waals surface area contributed by atoms with Crippen LogP contribution >= 0.6 is 0 Å². The number of rotatable bonds is 2. The number of nitrogens with one attached hydrogen (secondary N) is 1. The van der Waals surface area contributed by atoms with E-state index in [9.17, 15) is 9.18 Å². The highest BCUT2D eigenvalue weighted by Crippen LogP contribution is 2.37. The van der Waals surface area contributed by atoms with E-state index in [2.05, 4.69) is 5.32 Å². The second-order valence-corrected chi connectivity index (χ2v) is 5.05. The van der Waals surface area contributed by atoms with E-state index in [1.807, 2.05) is 0 Å². The highest BCUT2D eigenvalue weighted by molar-refractivity contribution is 5.98. The van der Waals surface area contributed by atoms with Crippen LogP contribution in [0, 0.1) is 5.82 Å². The average Bonchev–Trinajstić information content (AvgIpc) is 2.74. The molecule has 2 aliphatic rings. The molecule has 0 bridgehead atoms. The third-order valence-corrected chi connectivity index (χ3v) is 3.94.